The maximum atomic E-state index is 10.6. The Bertz CT molecular complexity index is 296. The standard InChI is InChI=1S/C7H9ClN2O2/c1-2-3-4-5(7(11)12)9-10-6(4)8/h2-3H2,1H3,(H,9,10)(H,11,12). The molecular weight excluding hydrogens is 180 g/mol. The molecule has 0 unspecified atom stereocenters. The molecule has 0 fully saturated rings. The van der Waals surface area contributed by atoms with Crippen LogP contribution in [-0.2, 0) is 6.42 Å². The number of aromatic amines is 1. The van der Waals surface area contributed by atoms with E-state index in [4.69, 9.17) is 16.7 Å². The number of carboxylic acids is 1. The molecule has 0 spiro atoms. The normalized spacial score (nSPS) is 10.2. The van der Waals surface area contributed by atoms with Gasteiger partial charge in [0.15, 0.2) is 5.69 Å². The zero-order valence-corrected chi connectivity index (χ0v) is 7.35. The van der Waals surface area contributed by atoms with E-state index in [2.05, 4.69) is 10.2 Å². The number of carbonyl (C=O) groups is 1. The van der Waals surface area contributed by atoms with Gasteiger partial charge in [-0.2, -0.15) is 5.10 Å². The van der Waals surface area contributed by atoms with Gasteiger partial charge >= 0.3 is 5.97 Å². The third-order valence-electron chi connectivity index (χ3n) is 1.52. The van der Waals surface area contributed by atoms with Gasteiger partial charge in [0.2, 0.25) is 0 Å². The Balaban J connectivity index is 3.03. The van der Waals surface area contributed by atoms with Crippen LogP contribution in [0.4, 0.5) is 0 Å². The molecule has 0 amide bonds. The van der Waals surface area contributed by atoms with E-state index in [1.165, 1.54) is 0 Å². The lowest BCUT2D eigenvalue weighted by Gasteiger charge is -1.94. The molecule has 0 radical (unpaired) electrons. The molecule has 12 heavy (non-hydrogen) atoms. The Labute approximate surface area is 74.5 Å². The fourth-order valence-corrected chi connectivity index (χ4v) is 1.23. The zero-order valence-electron chi connectivity index (χ0n) is 6.59. The van der Waals surface area contributed by atoms with Crippen molar-refractivity contribution in [3.8, 4) is 0 Å². The first-order chi connectivity index (χ1) is 5.66. The summed E-state index contributed by atoms with van der Waals surface area (Å²) in [5.74, 6) is -1.04. The molecule has 0 aliphatic heterocycles. The van der Waals surface area contributed by atoms with E-state index in [1.807, 2.05) is 6.92 Å². The Morgan fingerprint density at radius 3 is 2.92 bits per heavy atom. The third kappa shape index (κ3) is 1.58. The molecular formula is C7H9ClN2O2. The molecule has 1 rings (SSSR count). The van der Waals surface area contributed by atoms with Crippen LogP contribution < -0.4 is 0 Å². The van der Waals surface area contributed by atoms with Gasteiger partial charge in [-0.05, 0) is 6.42 Å². The Kier molecular flexibility index (Phi) is 2.70. The molecule has 0 bridgehead atoms. The molecule has 5 heteroatoms. The topological polar surface area (TPSA) is 66.0 Å². The van der Waals surface area contributed by atoms with Crippen molar-refractivity contribution < 1.29 is 9.90 Å². The Hall–Kier alpha value is -1.03. The lowest BCUT2D eigenvalue weighted by atomic mass is 10.1. The third-order valence-corrected chi connectivity index (χ3v) is 1.83. The van der Waals surface area contributed by atoms with Gasteiger partial charge in [-0.3, -0.25) is 5.10 Å². The van der Waals surface area contributed by atoms with Gasteiger partial charge in [-0.15, -0.1) is 0 Å². The van der Waals surface area contributed by atoms with Crippen LogP contribution in [0.25, 0.3) is 0 Å². The Morgan fingerprint density at radius 1 is 1.75 bits per heavy atom. The highest BCUT2D eigenvalue weighted by atomic mass is 35.5. The fourth-order valence-electron chi connectivity index (χ4n) is 0.999. The second kappa shape index (κ2) is 3.58. The van der Waals surface area contributed by atoms with E-state index in [0.717, 1.165) is 6.42 Å². The van der Waals surface area contributed by atoms with E-state index in [-0.39, 0.29) is 5.69 Å². The second-order valence-electron chi connectivity index (χ2n) is 2.42. The molecule has 0 aliphatic rings. The number of hydrogen-bond acceptors (Lipinski definition) is 2. The highest BCUT2D eigenvalue weighted by Gasteiger charge is 2.16. The van der Waals surface area contributed by atoms with Crippen molar-refractivity contribution in [2.75, 3.05) is 0 Å². The number of aromatic nitrogens is 2. The number of aromatic carboxylic acids is 1. The van der Waals surface area contributed by atoms with Crippen LogP contribution in [0.5, 0.6) is 0 Å². The van der Waals surface area contributed by atoms with Gasteiger partial charge in [-0.25, -0.2) is 4.79 Å². The number of nitrogens with one attached hydrogen (secondary N) is 1. The summed E-state index contributed by atoms with van der Waals surface area (Å²) >= 11 is 5.69. The predicted octanol–water partition coefficient (Wildman–Crippen LogP) is 1.71. The molecule has 0 aliphatic carbocycles. The highest BCUT2D eigenvalue weighted by molar-refractivity contribution is 6.30. The summed E-state index contributed by atoms with van der Waals surface area (Å²) in [7, 11) is 0. The summed E-state index contributed by atoms with van der Waals surface area (Å²) in [5, 5.41) is 15.0. The first-order valence-electron chi connectivity index (χ1n) is 3.62. The first kappa shape index (κ1) is 9.06. The minimum absolute atomic E-state index is 0.0295. The fraction of sp³-hybridized carbons (Fsp3) is 0.429. The van der Waals surface area contributed by atoms with E-state index >= 15 is 0 Å². The van der Waals surface area contributed by atoms with Crippen molar-refractivity contribution in [1.82, 2.24) is 10.2 Å². The van der Waals surface area contributed by atoms with Crippen LogP contribution in [-0.4, -0.2) is 21.3 Å². The van der Waals surface area contributed by atoms with E-state index < -0.39 is 5.97 Å². The maximum Gasteiger partial charge on any atom is 0.356 e. The number of rotatable bonds is 3. The molecule has 1 aromatic rings. The summed E-state index contributed by atoms with van der Waals surface area (Å²) < 4.78 is 0. The van der Waals surface area contributed by atoms with Crippen molar-refractivity contribution in [3.63, 3.8) is 0 Å². The molecule has 66 valence electrons. The molecule has 2 N–H and O–H groups in total. The first-order valence-corrected chi connectivity index (χ1v) is 4.00. The van der Waals surface area contributed by atoms with Crippen molar-refractivity contribution >= 4 is 17.6 Å². The number of halogens is 1. The van der Waals surface area contributed by atoms with E-state index in [9.17, 15) is 4.79 Å². The number of carboxylic acid groups (broad SMARTS) is 1. The van der Waals surface area contributed by atoms with Crippen LogP contribution in [0.2, 0.25) is 5.15 Å². The molecule has 0 aromatic carbocycles. The van der Waals surface area contributed by atoms with Crippen LogP contribution >= 0.6 is 11.6 Å². The van der Waals surface area contributed by atoms with Crippen molar-refractivity contribution in [2.24, 2.45) is 0 Å². The van der Waals surface area contributed by atoms with Crippen molar-refractivity contribution in [1.29, 1.82) is 0 Å². The van der Waals surface area contributed by atoms with Crippen LogP contribution in [0.15, 0.2) is 0 Å². The molecule has 0 saturated carbocycles. The van der Waals surface area contributed by atoms with Gasteiger partial charge in [0, 0.05) is 5.56 Å². The largest absolute Gasteiger partial charge is 0.476 e. The molecule has 1 aromatic heterocycles. The summed E-state index contributed by atoms with van der Waals surface area (Å²) in [5.41, 5.74) is 0.619. The quantitative estimate of drug-likeness (QED) is 0.759. The smallest absolute Gasteiger partial charge is 0.356 e. The second-order valence-corrected chi connectivity index (χ2v) is 2.80. The van der Waals surface area contributed by atoms with E-state index in [0.29, 0.717) is 17.1 Å². The SMILES string of the molecule is CCCc1c(C(=O)O)n[nH]c1Cl. The van der Waals surface area contributed by atoms with Gasteiger partial charge < -0.3 is 5.11 Å². The van der Waals surface area contributed by atoms with Crippen LogP contribution in [0.1, 0.15) is 29.4 Å². The number of nitrogens with zero attached hydrogens (tertiary/aromatic N) is 1. The zero-order chi connectivity index (χ0) is 9.14. The lowest BCUT2D eigenvalue weighted by molar-refractivity contribution is 0.0689. The molecule has 4 nitrogen and oxygen atoms in total. The minimum Gasteiger partial charge on any atom is -0.476 e. The summed E-state index contributed by atoms with van der Waals surface area (Å²) in [6.07, 6.45) is 1.48. The van der Waals surface area contributed by atoms with Crippen LogP contribution in [0, 0.1) is 0 Å². The lowest BCUT2D eigenvalue weighted by Crippen LogP contribution is -2.01. The number of hydrogen-bond donors (Lipinski definition) is 2. The predicted molar refractivity (Wildman–Crippen MR) is 44.6 cm³/mol. The maximum absolute atomic E-state index is 10.6. The minimum atomic E-state index is -1.04. The summed E-state index contributed by atoms with van der Waals surface area (Å²) in [6.45, 7) is 1.95. The van der Waals surface area contributed by atoms with Gasteiger partial charge in [0.25, 0.3) is 0 Å². The van der Waals surface area contributed by atoms with Gasteiger partial charge in [0.1, 0.15) is 5.15 Å². The van der Waals surface area contributed by atoms with Crippen molar-refractivity contribution in [3.05, 3.63) is 16.4 Å². The van der Waals surface area contributed by atoms with Gasteiger partial charge in [0.05, 0.1) is 0 Å². The van der Waals surface area contributed by atoms with E-state index in [1.54, 1.807) is 0 Å². The molecule has 0 saturated heterocycles. The van der Waals surface area contributed by atoms with Crippen LogP contribution in [0.3, 0.4) is 0 Å². The Morgan fingerprint density at radius 2 is 2.42 bits per heavy atom. The average Bonchev–Trinajstić information content (AvgIpc) is 2.34. The monoisotopic (exact) mass is 188 g/mol. The summed E-state index contributed by atoms with van der Waals surface area (Å²) in [6, 6.07) is 0. The number of H-pyrrole nitrogens is 1. The summed E-state index contributed by atoms with van der Waals surface area (Å²) in [4.78, 5) is 10.6. The molecule has 1 heterocycles. The highest BCUT2D eigenvalue weighted by Crippen LogP contribution is 2.18. The van der Waals surface area contributed by atoms with Gasteiger partial charge in [-0.1, -0.05) is 24.9 Å². The molecule has 0 atom stereocenters. The van der Waals surface area contributed by atoms with Crippen molar-refractivity contribution in [2.45, 2.75) is 19.8 Å². The average molecular weight is 189 g/mol.